The molecular weight excluding hydrogens is 811 g/mol. The third-order valence-electron chi connectivity index (χ3n) is 13.4. The molecule has 0 spiro atoms. The number of para-hydroxylation sites is 2. The van der Waals surface area contributed by atoms with Crippen LogP contribution in [-0.2, 0) is 0 Å². The summed E-state index contributed by atoms with van der Waals surface area (Å²) in [7, 11) is 0. The van der Waals surface area contributed by atoms with Crippen molar-refractivity contribution < 1.29 is 8.78 Å². The van der Waals surface area contributed by atoms with E-state index in [-0.39, 0.29) is 11.6 Å². The van der Waals surface area contributed by atoms with Crippen molar-refractivity contribution >= 4 is 120 Å². The lowest BCUT2D eigenvalue weighted by molar-refractivity contribution is 0.629. The number of hydrogen-bond donors (Lipinski definition) is 0. The van der Waals surface area contributed by atoms with Crippen molar-refractivity contribution in [3.05, 3.63) is 242 Å². The summed E-state index contributed by atoms with van der Waals surface area (Å²) in [6, 6.07) is 78.6. The fourth-order valence-electron chi connectivity index (χ4n) is 10.4. The second-order valence-electron chi connectivity index (χ2n) is 17.2. The first-order valence-corrected chi connectivity index (χ1v) is 22.3. The zero-order chi connectivity index (χ0) is 43.9. The standard InChI is InChI=1S/C62H38F2N2/c63-43-21-27-51-55(33-43)57-35-49(65(45-15-3-1-4-16-45)47-23-19-39-11-7-9-13-41(39)31-47)25-29-53(57)61-37-60-52-28-22-44(64)34-56(52)58-36-50(26-30-54(58)62(60)38-59(51)61)66(46-17-5-2-6-18-46)48-24-20-40-12-8-10-14-42(40)32-48/h1-38H. The Kier molecular flexibility index (Phi) is 8.62. The molecule has 0 bridgehead atoms. The van der Waals surface area contributed by atoms with Crippen molar-refractivity contribution in [1.29, 1.82) is 0 Å². The lowest BCUT2D eigenvalue weighted by Crippen LogP contribution is -2.09. The molecule has 0 atom stereocenters. The van der Waals surface area contributed by atoms with Crippen molar-refractivity contribution in [3.8, 4) is 0 Å². The van der Waals surface area contributed by atoms with Crippen molar-refractivity contribution in [1.82, 2.24) is 0 Å². The minimum absolute atomic E-state index is 0.288. The topological polar surface area (TPSA) is 6.48 Å². The summed E-state index contributed by atoms with van der Waals surface area (Å²) in [6.07, 6.45) is 0. The Morgan fingerprint density at radius 1 is 0.197 bits per heavy atom. The highest BCUT2D eigenvalue weighted by molar-refractivity contribution is 6.33. The first-order valence-electron chi connectivity index (χ1n) is 22.3. The van der Waals surface area contributed by atoms with Crippen LogP contribution in [0.25, 0.3) is 86.2 Å². The summed E-state index contributed by atoms with van der Waals surface area (Å²) in [4.78, 5) is 4.53. The summed E-state index contributed by atoms with van der Waals surface area (Å²) in [6.45, 7) is 0. The zero-order valence-corrected chi connectivity index (χ0v) is 35.6. The van der Waals surface area contributed by atoms with Gasteiger partial charge in [0.15, 0.2) is 0 Å². The highest BCUT2D eigenvalue weighted by atomic mass is 19.1. The Labute approximate surface area is 379 Å². The smallest absolute Gasteiger partial charge is 0.123 e. The van der Waals surface area contributed by atoms with Crippen LogP contribution in [-0.4, -0.2) is 0 Å². The molecule has 0 saturated carbocycles. The number of benzene rings is 13. The third kappa shape index (κ3) is 6.14. The summed E-state index contributed by atoms with van der Waals surface area (Å²) < 4.78 is 31.1. The molecule has 13 aromatic carbocycles. The van der Waals surface area contributed by atoms with Gasteiger partial charge >= 0.3 is 0 Å². The van der Waals surface area contributed by atoms with Crippen LogP contribution in [0.15, 0.2) is 231 Å². The number of halogens is 2. The van der Waals surface area contributed by atoms with Gasteiger partial charge in [-0.1, -0.05) is 121 Å². The molecule has 0 radical (unpaired) electrons. The lowest BCUT2D eigenvalue weighted by atomic mass is 9.88. The summed E-state index contributed by atoms with van der Waals surface area (Å²) in [5.74, 6) is -0.576. The Bertz CT molecular complexity index is 3820. The van der Waals surface area contributed by atoms with Crippen LogP contribution in [0.3, 0.4) is 0 Å². The van der Waals surface area contributed by atoms with Crippen LogP contribution in [0.5, 0.6) is 0 Å². The van der Waals surface area contributed by atoms with Gasteiger partial charge in [-0.15, -0.1) is 0 Å². The molecule has 2 nitrogen and oxygen atoms in total. The Hall–Kier alpha value is -8.60. The molecule has 0 N–H and O–H groups in total. The summed E-state index contributed by atoms with van der Waals surface area (Å²) in [5.41, 5.74) is 6.02. The second-order valence-corrected chi connectivity index (χ2v) is 17.2. The molecular formula is C62H38F2N2. The Morgan fingerprint density at radius 2 is 0.500 bits per heavy atom. The van der Waals surface area contributed by atoms with Gasteiger partial charge in [0.2, 0.25) is 0 Å². The molecule has 0 heterocycles. The lowest BCUT2D eigenvalue weighted by Gasteiger charge is -2.27. The largest absolute Gasteiger partial charge is 0.310 e. The average Bonchev–Trinajstić information content (AvgIpc) is 3.36. The average molecular weight is 849 g/mol. The van der Waals surface area contributed by atoms with Crippen molar-refractivity contribution in [2.75, 3.05) is 9.80 Å². The van der Waals surface area contributed by atoms with Gasteiger partial charge in [-0.2, -0.15) is 0 Å². The SMILES string of the molecule is Fc1ccc2c(c1)c1cc(N(c3ccccc3)c3ccc4ccccc4c3)ccc1c1cc3c4ccc(F)cc4c4cc(N(c5ccccc5)c5ccc6ccccc6c5)ccc4c3cc21. The van der Waals surface area contributed by atoms with Crippen molar-refractivity contribution in [2.24, 2.45) is 0 Å². The van der Waals surface area contributed by atoms with E-state index in [1.165, 1.54) is 10.8 Å². The van der Waals surface area contributed by atoms with Crippen LogP contribution >= 0.6 is 0 Å². The highest BCUT2D eigenvalue weighted by Gasteiger charge is 2.20. The number of hydrogen-bond acceptors (Lipinski definition) is 2. The van der Waals surface area contributed by atoms with Gasteiger partial charge in [0.25, 0.3) is 0 Å². The van der Waals surface area contributed by atoms with Gasteiger partial charge in [0, 0.05) is 34.1 Å². The second kappa shape index (κ2) is 15.0. The zero-order valence-electron chi connectivity index (χ0n) is 35.6. The van der Waals surface area contributed by atoms with Crippen LogP contribution in [0.2, 0.25) is 0 Å². The third-order valence-corrected chi connectivity index (χ3v) is 13.4. The number of rotatable bonds is 6. The first-order chi connectivity index (χ1) is 32.5. The molecule has 0 aliphatic rings. The van der Waals surface area contributed by atoms with E-state index >= 15 is 8.78 Å². The van der Waals surface area contributed by atoms with Crippen molar-refractivity contribution in [3.63, 3.8) is 0 Å². The number of anilines is 6. The first kappa shape index (κ1) is 37.9. The maximum Gasteiger partial charge on any atom is 0.123 e. The number of fused-ring (bicyclic) bond motifs is 14. The van der Waals surface area contributed by atoms with Gasteiger partial charge < -0.3 is 9.80 Å². The quantitative estimate of drug-likeness (QED) is 0.121. The molecule has 13 aromatic rings. The molecule has 310 valence electrons. The van der Waals surface area contributed by atoms with E-state index in [9.17, 15) is 0 Å². The van der Waals surface area contributed by atoms with E-state index in [2.05, 4.69) is 192 Å². The maximum absolute atomic E-state index is 15.6. The molecule has 0 amide bonds. The maximum atomic E-state index is 15.6. The van der Waals surface area contributed by atoms with E-state index in [1.54, 1.807) is 24.3 Å². The highest BCUT2D eigenvalue weighted by Crippen LogP contribution is 2.46. The van der Waals surface area contributed by atoms with E-state index in [4.69, 9.17) is 0 Å². The van der Waals surface area contributed by atoms with E-state index < -0.39 is 0 Å². The monoisotopic (exact) mass is 848 g/mol. The van der Waals surface area contributed by atoms with Gasteiger partial charge in [0.05, 0.1) is 0 Å². The predicted octanol–water partition coefficient (Wildman–Crippen LogP) is 18.1. The minimum atomic E-state index is -0.288. The van der Waals surface area contributed by atoms with Gasteiger partial charge in [0.1, 0.15) is 11.6 Å². The Morgan fingerprint density at radius 3 is 0.909 bits per heavy atom. The normalized spacial score (nSPS) is 11.8. The van der Waals surface area contributed by atoms with Crippen LogP contribution in [0.1, 0.15) is 0 Å². The molecule has 0 aromatic heterocycles. The summed E-state index contributed by atoms with van der Waals surface area (Å²) >= 11 is 0. The summed E-state index contributed by atoms with van der Waals surface area (Å²) in [5, 5.41) is 16.3. The van der Waals surface area contributed by atoms with Crippen LogP contribution in [0.4, 0.5) is 42.9 Å². The van der Waals surface area contributed by atoms with Crippen LogP contribution < -0.4 is 9.80 Å². The van der Waals surface area contributed by atoms with Gasteiger partial charge in [-0.25, -0.2) is 8.78 Å². The molecule has 0 unspecified atom stereocenters. The fourth-order valence-corrected chi connectivity index (χ4v) is 10.4. The van der Waals surface area contributed by atoms with E-state index in [1.807, 2.05) is 24.3 Å². The molecule has 0 aliphatic carbocycles. The predicted molar refractivity (Wildman–Crippen MR) is 276 cm³/mol. The van der Waals surface area contributed by atoms with Gasteiger partial charge in [-0.05, 0) is 195 Å². The fraction of sp³-hybridized carbons (Fsp3) is 0. The minimum Gasteiger partial charge on any atom is -0.310 e. The molecule has 66 heavy (non-hydrogen) atoms. The van der Waals surface area contributed by atoms with E-state index in [0.717, 1.165) is 110 Å². The molecule has 0 fully saturated rings. The molecule has 13 rings (SSSR count). The molecule has 4 heteroatoms. The van der Waals surface area contributed by atoms with Gasteiger partial charge in [-0.3, -0.25) is 0 Å². The Balaban J connectivity index is 1.06. The molecule has 0 aliphatic heterocycles. The number of nitrogens with zero attached hydrogens (tertiary/aromatic N) is 2. The van der Waals surface area contributed by atoms with Crippen molar-refractivity contribution in [2.45, 2.75) is 0 Å². The van der Waals surface area contributed by atoms with E-state index in [0.29, 0.717) is 0 Å². The van der Waals surface area contributed by atoms with Crippen LogP contribution in [0, 0.1) is 11.6 Å². The molecule has 0 saturated heterocycles.